The second-order valence-corrected chi connectivity index (χ2v) is 4.30. The lowest BCUT2D eigenvalue weighted by Gasteiger charge is -2.34. The van der Waals surface area contributed by atoms with Crippen LogP contribution in [0.4, 0.5) is 4.39 Å². The maximum Gasteiger partial charge on any atom is 0.0906 e. The number of alkyl halides is 1. The summed E-state index contributed by atoms with van der Waals surface area (Å²) in [5, 5.41) is 3.31. The van der Waals surface area contributed by atoms with Crippen LogP contribution in [0.25, 0.3) is 0 Å². The molecule has 1 fully saturated rings. The predicted octanol–water partition coefficient (Wildman–Crippen LogP) is 1.67. The smallest absolute Gasteiger partial charge is 0.0906 e. The van der Waals surface area contributed by atoms with Gasteiger partial charge in [-0.2, -0.15) is 0 Å². The minimum absolute atomic E-state index is 0.174. The first-order valence-electron chi connectivity index (χ1n) is 5.73. The van der Waals surface area contributed by atoms with Gasteiger partial charge < -0.3 is 10.2 Å². The fraction of sp³-hybridized carbons (Fsp3) is 1.00. The van der Waals surface area contributed by atoms with Gasteiger partial charge in [0.05, 0.1) is 6.67 Å². The molecule has 0 aromatic rings. The van der Waals surface area contributed by atoms with Gasteiger partial charge in [-0.3, -0.25) is 4.39 Å². The Kier molecular flexibility index (Phi) is 5.41. The van der Waals surface area contributed by atoms with Gasteiger partial charge in [0.2, 0.25) is 0 Å². The first-order chi connectivity index (χ1) is 6.77. The second kappa shape index (κ2) is 6.36. The molecule has 2 nitrogen and oxygen atoms in total. The summed E-state index contributed by atoms with van der Waals surface area (Å²) in [6.45, 7) is 5.32. The number of piperidine rings is 1. The quantitative estimate of drug-likeness (QED) is 0.729. The van der Waals surface area contributed by atoms with Crippen molar-refractivity contribution in [2.75, 3.05) is 33.4 Å². The Morgan fingerprint density at radius 3 is 2.57 bits per heavy atom. The van der Waals surface area contributed by atoms with Crippen molar-refractivity contribution < 1.29 is 4.39 Å². The highest BCUT2D eigenvalue weighted by Gasteiger charge is 2.22. The Morgan fingerprint density at radius 1 is 1.43 bits per heavy atom. The zero-order valence-corrected chi connectivity index (χ0v) is 9.43. The van der Waals surface area contributed by atoms with E-state index in [4.69, 9.17) is 0 Å². The summed E-state index contributed by atoms with van der Waals surface area (Å²) in [4.78, 5) is 2.39. The fourth-order valence-corrected chi connectivity index (χ4v) is 2.20. The van der Waals surface area contributed by atoms with Crippen molar-refractivity contribution in [3.8, 4) is 0 Å². The topological polar surface area (TPSA) is 15.3 Å². The van der Waals surface area contributed by atoms with E-state index in [1.165, 1.54) is 12.8 Å². The normalized spacial score (nSPS) is 22.5. The molecule has 1 heterocycles. The molecular weight excluding hydrogens is 179 g/mol. The maximum absolute atomic E-state index is 12.0. The van der Waals surface area contributed by atoms with Crippen LogP contribution in [0.2, 0.25) is 0 Å². The first kappa shape index (κ1) is 11.9. The number of halogens is 1. The minimum atomic E-state index is -0.174. The molecule has 14 heavy (non-hydrogen) atoms. The highest BCUT2D eigenvalue weighted by atomic mass is 19.1. The van der Waals surface area contributed by atoms with Crippen molar-refractivity contribution in [1.29, 1.82) is 0 Å². The minimum Gasteiger partial charge on any atom is -0.317 e. The van der Waals surface area contributed by atoms with Gasteiger partial charge >= 0.3 is 0 Å². The summed E-state index contributed by atoms with van der Waals surface area (Å²) in [5.41, 5.74) is 0. The van der Waals surface area contributed by atoms with Crippen molar-refractivity contribution in [2.45, 2.75) is 32.2 Å². The summed E-state index contributed by atoms with van der Waals surface area (Å²) in [5.74, 6) is 0.807. The molecule has 0 bridgehead atoms. The molecule has 1 aliphatic rings. The molecule has 0 aliphatic carbocycles. The van der Waals surface area contributed by atoms with Gasteiger partial charge in [0, 0.05) is 12.6 Å². The summed E-state index contributed by atoms with van der Waals surface area (Å²) in [6.07, 6.45) is 3.22. The molecule has 3 heteroatoms. The van der Waals surface area contributed by atoms with Gasteiger partial charge in [0.1, 0.15) is 0 Å². The van der Waals surface area contributed by atoms with E-state index in [1.807, 2.05) is 7.05 Å². The van der Waals surface area contributed by atoms with E-state index in [1.54, 1.807) is 0 Å². The summed E-state index contributed by atoms with van der Waals surface area (Å²) in [7, 11) is 2.03. The fourth-order valence-electron chi connectivity index (χ4n) is 2.20. The number of likely N-dealkylation sites (tertiary alicyclic amines) is 1. The molecule has 1 N–H and O–H groups in total. The Balaban J connectivity index is 2.17. The van der Waals surface area contributed by atoms with E-state index in [9.17, 15) is 4.39 Å². The van der Waals surface area contributed by atoms with E-state index in [0.717, 1.165) is 25.6 Å². The van der Waals surface area contributed by atoms with Gasteiger partial charge in [-0.25, -0.2) is 0 Å². The molecule has 1 aliphatic heterocycles. The largest absolute Gasteiger partial charge is 0.317 e. The Hall–Kier alpha value is -0.150. The number of nitrogens with zero attached hydrogens (tertiary/aromatic N) is 1. The Bertz CT molecular complexity index is 144. The van der Waals surface area contributed by atoms with Crippen LogP contribution in [0.1, 0.15) is 26.2 Å². The van der Waals surface area contributed by atoms with Crippen LogP contribution in [0.3, 0.4) is 0 Å². The first-order valence-corrected chi connectivity index (χ1v) is 5.73. The molecule has 0 amide bonds. The van der Waals surface area contributed by atoms with Crippen molar-refractivity contribution in [3.05, 3.63) is 0 Å². The molecular formula is C11H23FN2. The lowest BCUT2D eigenvalue weighted by Crippen LogP contribution is -2.41. The highest BCUT2D eigenvalue weighted by molar-refractivity contribution is 4.78. The van der Waals surface area contributed by atoms with Crippen molar-refractivity contribution >= 4 is 0 Å². The molecule has 1 rings (SSSR count). The summed E-state index contributed by atoms with van der Waals surface area (Å²) >= 11 is 0. The molecule has 0 spiro atoms. The van der Waals surface area contributed by atoms with Crippen molar-refractivity contribution in [1.82, 2.24) is 10.2 Å². The van der Waals surface area contributed by atoms with Crippen LogP contribution in [-0.4, -0.2) is 44.3 Å². The lowest BCUT2D eigenvalue weighted by atomic mass is 9.90. The van der Waals surface area contributed by atoms with Gasteiger partial charge in [-0.15, -0.1) is 0 Å². The van der Waals surface area contributed by atoms with Crippen LogP contribution in [0.5, 0.6) is 0 Å². The van der Waals surface area contributed by atoms with Crippen LogP contribution in [-0.2, 0) is 0 Å². The highest BCUT2D eigenvalue weighted by Crippen LogP contribution is 2.20. The number of hydrogen-bond acceptors (Lipinski definition) is 2. The average Bonchev–Trinajstić information content (AvgIpc) is 2.26. The van der Waals surface area contributed by atoms with Crippen LogP contribution >= 0.6 is 0 Å². The zero-order chi connectivity index (χ0) is 10.4. The second-order valence-electron chi connectivity index (χ2n) is 4.30. The third kappa shape index (κ3) is 3.54. The number of hydrogen-bond donors (Lipinski definition) is 1. The van der Waals surface area contributed by atoms with E-state index in [0.29, 0.717) is 12.5 Å². The maximum atomic E-state index is 12.0. The standard InChI is InChI=1S/C11H23FN2/c1-10(13-2)11-4-8-14(9-5-11)7-3-6-12/h10-11,13H,3-9H2,1-2H3. The summed E-state index contributed by atoms with van der Waals surface area (Å²) in [6, 6.07) is 0.623. The predicted molar refractivity (Wildman–Crippen MR) is 58.3 cm³/mol. The van der Waals surface area contributed by atoms with Crippen molar-refractivity contribution in [2.24, 2.45) is 5.92 Å². The number of nitrogens with one attached hydrogen (secondary N) is 1. The van der Waals surface area contributed by atoms with E-state index in [-0.39, 0.29) is 6.67 Å². The molecule has 0 aromatic heterocycles. The zero-order valence-electron chi connectivity index (χ0n) is 9.43. The van der Waals surface area contributed by atoms with Crippen molar-refractivity contribution in [3.63, 3.8) is 0 Å². The molecule has 84 valence electrons. The molecule has 1 saturated heterocycles. The van der Waals surface area contributed by atoms with Crippen LogP contribution in [0.15, 0.2) is 0 Å². The molecule has 1 atom stereocenters. The third-order valence-corrected chi connectivity index (χ3v) is 3.40. The SMILES string of the molecule is CNC(C)C1CCN(CCCF)CC1. The Morgan fingerprint density at radius 2 is 2.07 bits per heavy atom. The molecule has 1 unspecified atom stereocenters. The lowest BCUT2D eigenvalue weighted by molar-refractivity contribution is 0.160. The molecule has 0 saturated carbocycles. The van der Waals surface area contributed by atoms with Crippen LogP contribution < -0.4 is 5.32 Å². The van der Waals surface area contributed by atoms with Crippen LogP contribution in [0, 0.1) is 5.92 Å². The van der Waals surface area contributed by atoms with E-state index in [2.05, 4.69) is 17.1 Å². The van der Waals surface area contributed by atoms with Gasteiger partial charge in [-0.05, 0) is 52.2 Å². The van der Waals surface area contributed by atoms with Gasteiger partial charge in [0.15, 0.2) is 0 Å². The average molecular weight is 202 g/mol. The van der Waals surface area contributed by atoms with Gasteiger partial charge in [0.25, 0.3) is 0 Å². The van der Waals surface area contributed by atoms with E-state index >= 15 is 0 Å². The monoisotopic (exact) mass is 202 g/mol. The summed E-state index contributed by atoms with van der Waals surface area (Å²) < 4.78 is 12.0. The number of rotatable bonds is 5. The van der Waals surface area contributed by atoms with E-state index < -0.39 is 0 Å². The Labute approximate surface area is 86.9 Å². The molecule has 0 radical (unpaired) electrons. The molecule has 0 aromatic carbocycles. The third-order valence-electron chi connectivity index (χ3n) is 3.40. The van der Waals surface area contributed by atoms with Gasteiger partial charge in [-0.1, -0.05) is 0 Å².